The quantitative estimate of drug-likeness (QED) is 0.390. The minimum atomic E-state index is -0.768. The Balaban J connectivity index is 2.29. The number of nitrogens with zero attached hydrogens (tertiary/aromatic N) is 2. The third kappa shape index (κ3) is 3.83. The van der Waals surface area contributed by atoms with Gasteiger partial charge in [0.25, 0.3) is 5.91 Å². The van der Waals surface area contributed by atoms with E-state index in [1.807, 2.05) is 19.1 Å². The van der Waals surface area contributed by atoms with Gasteiger partial charge < -0.3 is 16.3 Å². The van der Waals surface area contributed by atoms with Gasteiger partial charge in [-0.05, 0) is 31.2 Å². The zero-order valence-electron chi connectivity index (χ0n) is 12.2. The lowest BCUT2D eigenvalue weighted by Gasteiger charge is -2.10. The number of nitrogens with two attached hydrogens (primary N) is 1. The average molecular weight is 332 g/mol. The van der Waals surface area contributed by atoms with Crippen LogP contribution in [0.2, 0.25) is 5.02 Å². The van der Waals surface area contributed by atoms with Crippen LogP contribution in [0.15, 0.2) is 35.5 Å². The van der Waals surface area contributed by atoms with Gasteiger partial charge in [0.05, 0.1) is 6.21 Å². The zero-order chi connectivity index (χ0) is 17.0. The molecule has 0 unspecified atom stereocenters. The number of carbonyl (C=O) groups is 1. The van der Waals surface area contributed by atoms with E-state index in [4.69, 9.17) is 28.0 Å². The molecule has 2 aromatic rings. The SMILES string of the molecule is Cc1ccc(Cl)c(-c2ccc(NC(=O)C(=N)/C=N\O)nc2N)c1. The molecule has 0 saturated carbocycles. The van der Waals surface area contributed by atoms with Crippen molar-refractivity contribution in [2.24, 2.45) is 5.16 Å². The first-order valence-corrected chi connectivity index (χ1v) is 6.90. The minimum absolute atomic E-state index is 0.177. The van der Waals surface area contributed by atoms with Crippen LogP contribution in [0.25, 0.3) is 11.1 Å². The summed E-state index contributed by atoms with van der Waals surface area (Å²) >= 11 is 6.18. The molecular weight excluding hydrogens is 318 g/mol. The van der Waals surface area contributed by atoms with Crippen molar-refractivity contribution in [2.45, 2.75) is 6.92 Å². The molecule has 0 bridgehead atoms. The van der Waals surface area contributed by atoms with Gasteiger partial charge in [0.15, 0.2) is 0 Å². The predicted molar refractivity (Wildman–Crippen MR) is 90.5 cm³/mol. The molecule has 0 aliphatic rings. The summed E-state index contributed by atoms with van der Waals surface area (Å²) in [5.41, 5.74) is 7.84. The number of carbonyl (C=O) groups excluding carboxylic acids is 1. The van der Waals surface area contributed by atoms with Crippen LogP contribution in [0, 0.1) is 12.3 Å². The van der Waals surface area contributed by atoms with E-state index < -0.39 is 11.6 Å². The van der Waals surface area contributed by atoms with Crippen molar-refractivity contribution in [3.63, 3.8) is 0 Å². The second-order valence-corrected chi connectivity index (χ2v) is 5.13. The normalized spacial score (nSPS) is 10.7. The summed E-state index contributed by atoms with van der Waals surface area (Å²) in [5.74, 6) is -0.398. The van der Waals surface area contributed by atoms with Gasteiger partial charge in [-0.2, -0.15) is 0 Å². The van der Waals surface area contributed by atoms with Gasteiger partial charge in [-0.3, -0.25) is 10.2 Å². The second-order valence-electron chi connectivity index (χ2n) is 4.72. The van der Waals surface area contributed by atoms with Crippen molar-refractivity contribution in [3.05, 3.63) is 40.9 Å². The summed E-state index contributed by atoms with van der Waals surface area (Å²) in [6, 6.07) is 8.78. The summed E-state index contributed by atoms with van der Waals surface area (Å²) in [7, 11) is 0. The molecule has 0 atom stereocenters. The molecule has 7 nitrogen and oxygen atoms in total. The summed E-state index contributed by atoms with van der Waals surface area (Å²) in [4.78, 5) is 15.7. The van der Waals surface area contributed by atoms with E-state index in [1.165, 1.54) is 0 Å². The molecule has 1 aromatic carbocycles. The van der Waals surface area contributed by atoms with E-state index in [0.29, 0.717) is 16.8 Å². The highest BCUT2D eigenvalue weighted by Gasteiger charge is 2.12. The lowest BCUT2D eigenvalue weighted by molar-refractivity contribution is -0.110. The molecule has 23 heavy (non-hydrogen) atoms. The number of pyridine rings is 1. The Bertz CT molecular complexity index is 804. The number of hydrogen-bond acceptors (Lipinski definition) is 6. The molecule has 2 rings (SSSR count). The molecule has 1 heterocycles. The molecule has 8 heteroatoms. The maximum Gasteiger partial charge on any atom is 0.276 e. The van der Waals surface area contributed by atoms with Gasteiger partial charge in [0.2, 0.25) is 0 Å². The van der Waals surface area contributed by atoms with Gasteiger partial charge >= 0.3 is 0 Å². The number of amides is 1. The maximum atomic E-state index is 11.6. The van der Waals surface area contributed by atoms with Crippen molar-refractivity contribution >= 4 is 41.1 Å². The molecule has 1 amide bonds. The molecule has 5 N–H and O–H groups in total. The third-order valence-corrected chi connectivity index (χ3v) is 3.34. The summed E-state index contributed by atoms with van der Waals surface area (Å²) < 4.78 is 0. The lowest BCUT2D eigenvalue weighted by Crippen LogP contribution is -2.23. The smallest absolute Gasteiger partial charge is 0.276 e. The summed E-state index contributed by atoms with van der Waals surface area (Å²) in [5, 5.41) is 21.2. The maximum absolute atomic E-state index is 11.6. The molecule has 1 aromatic heterocycles. The lowest BCUT2D eigenvalue weighted by atomic mass is 10.0. The third-order valence-electron chi connectivity index (χ3n) is 3.01. The van der Waals surface area contributed by atoms with Gasteiger partial charge in [-0.1, -0.05) is 28.4 Å². The van der Waals surface area contributed by atoms with E-state index >= 15 is 0 Å². The Morgan fingerprint density at radius 1 is 1.39 bits per heavy atom. The first kappa shape index (κ1) is 16.4. The molecule has 118 valence electrons. The number of oxime groups is 1. The van der Waals surface area contributed by atoms with Crippen LogP contribution < -0.4 is 11.1 Å². The fourth-order valence-corrected chi connectivity index (χ4v) is 2.14. The van der Waals surface area contributed by atoms with Crippen LogP contribution in [-0.4, -0.2) is 28.0 Å². The van der Waals surface area contributed by atoms with Crippen molar-refractivity contribution in [2.75, 3.05) is 11.1 Å². The molecule has 0 aliphatic heterocycles. The first-order valence-electron chi connectivity index (χ1n) is 6.52. The van der Waals surface area contributed by atoms with Crippen LogP contribution in [0.3, 0.4) is 0 Å². The Labute approximate surface area is 137 Å². The van der Waals surface area contributed by atoms with Crippen molar-refractivity contribution in [1.82, 2.24) is 4.98 Å². The number of hydrogen-bond donors (Lipinski definition) is 4. The number of rotatable bonds is 4. The van der Waals surface area contributed by atoms with E-state index in [1.54, 1.807) is 18.2 Å². The topological polar surface area (TPSA) is 124 Å². The molecule has 0 saturated heterocycles. The van der Waals surface area contributed by atoms with Crippen molar-refractivity contribution in [1.29, 1.82) is 5.41 Å². The number of nitrogen functional groups attached to an aromatic ring is 1. The highest BCUT2D eigenvalue weighted by Crippen LogP contribution is 2.32. The highest BCUT2D eigenvalue weighted by atomic mass is 35.5. The molecule has 0 spiro atoms. The van der Waals surface area contributed by atoms with Gasteiger partial charge in [-0.25, -0.2) is 4.98 Å². The number of halogens is 1. The van der Waals surface area contributed by atoms with E-state index in [9.17, 15) is 4.79 Å². The van der Waals surface area contributed by atoms with E-state index in [0.717, 1.165) is 11.1 Å². The van der Waals surface area contributed by atoms with Crippen LogP contribution in [0.4, 0.5) is 11.6 Å². The monoisotopic (exact) mass is 331 g/mol. The fourth-order valence-electron chi connectivity index (χ4n) is 1.92. The molecular formula is C15H14ClN5O2. The summed E-state index contributed by atoms with van der Waals surface area (Å²) in [6.45, 7) is 1.94. The molecule has 0 aliphatic carbocycles. The van der Waals surface area contributed by atoms with Gasteiger partial charge in [-0.15, -0.1) is 0 Å². The Morgan fingerprint density at radius 2 is 2.13 bits per heavy atom. The Kier molecular flexibility index (Phi) is 4.92. The van der Waals surface area contributed by atoms with Gasteiger partial charge in [0.1, 0.15) is 17.3 Å². The van der Waals surface area contributed by atoms with Crippen molar-refractivity contribution < 1.29 is 10.0 Å². The van der Waals surface area contributed by atoms with Crippen LogP contribution in [0.1, 0.15) is 5.56 Å². The average Bonchev–Trinajstić information content (AvgIpc) is 2.50. The zero-order valence-corrected chi connectivity index (χ0v) is 12.9. The predicted octanol–water partition coefficient (Wildman–Crippen LogP) is 2.71. The van der Waals surface area contributed by atoms with Crippen LogP contribution >= 0.6 is 11.6 Å². The number of benzene rings is 1. The Morgan fingerprint density at radius 3 is 2.78 bits per heavy atom. The van der Waals surface area contributed by atoms with E-state index in [-0.39, 0.29) is 11.6 Å². The van der Waals surface area contributed by atoms with E-state index in [2.05, 4.69) is 15.5 Å². The minimum Gasteiger partial charge on any atom is -0.411 e. The highest BCUT2D eigenvalue weighted by molar-refractivity contribution is 6.61. The molecule has 0 radical (unpaired) electrons. The largest absolute Gasteiger partial charge is 0.411 e. The van der Waals surface area contributed by atoms with Crippen LogP contribution in [-0.2, 0) is 4.79 Å². The number of anilines is 2. The Hall–Kier alpha value is -2.93. The standard InChI is InChI=1S/C15H14ClN5O2/c1-8-2-4-11(16)10(6-8)9-3-5-13(20-14(9)18)21-15(22)12(17)7-19-23/h2-7,17,23H,1H3,(H3,18,20,21,22)/b17-12?,19-7-. The first-order chi connectivity index (χ1) is 10.9. The summed E-state index contributed by atoms with van der Waals surface area (Å²) in [6.07, 6.45) is 0.708. The second kappa shape index (κ2) is 6.89. The molecule has 0 fully saturated rings. The van der Waals surface area contributed by atoms with Crippen LogP contribution in [0.5, 0.6) is 0 Å². The van der Waals surface area contributed by atoms with Crippen molar-refractivity contribution in [3.8, 4) is 11.1 Å². The number of nitrogens with one attached hydrogen (secondary N) is 2. The van der Waals surface area contributed by atoms with Gasteiger partial charge in [0, 0.05) is 16.1 Å². The number of aromatic nitrogens is 1. The number of aryl methyl sites for hydroxylation is 1. The fraction of sp³-hybridized carbons (Fsp3) is 0.0667.